The summed E-state index contributed by atoms with van der Waals surface area (Å²) in [6.07, 6.45) is 6.36. The Balaban J connectivity index is -0.000000377. The van der Waals surface area contributed by atoms with E-state index in [1.54, 1.807) is 4.90 Å². The first-order valence-corrected chi connectivity index (χ1v) is 11.1. The predicted octanol–water partition coefficient (Wildman–Crippen LogP) is 4.99. The Kier molecular flexibility index (Phi) is 26.0. The van der Waals surface area contributed by atoms with E-state index in [4.69, 9.17) is 0 Å². The molecule has 1 aliphatic rings. The van der Waals surface area contributed by atoms with Crippen molar-refractivity contribution in [2.75, 3.05) is 53.9 Å². The molecular weight excluding hydrogens is 322 g/mol. The molecule has 0 aliphatic carbocycles. The van der Waals surface area contributed by atoms with Crippen molar-refractivity contribution in [2.45, 2.75) is 80.6 Å². The van der Waals surface area contributed by atoms with E-state index in [-0.39, 0.29) is 5.91 Å². The third kappa shape index (κ3) is 18.2. The number of piperidine rings is 1. The maximum atomic E-state index is 11.4. The molecule has 0 radical (unpaired) electrons. The molecule has 0 saturated carbocycles. The quantitative estimate of drug-likeness (QED) is 0.629. The Morgan fingerprint density at radius 2 is 1.31 bits per heavy atom. The van der Waals surface area contributed by atoms with E-state index in [1.165, 1.54) is 45.2 Å². The first-order chi connectivity index (χ1) is 12.4. The molecular formula is C22H51N3O. The molecule has 0 N–H and O–H groups in total. The van der Waals surface area contributed by atoms with Crippen LogP contribution in [0.3, 0.4) is 0 Å². The highest BCUT2D eigenvalue weighted by atomic mass is 16.2. The standard InChI is InChI=1S/C11H22N2O.C7H17N.2C2H6/c1-4-10-5-7-13(8-6-10)9-11(14)12(2)3;1-4-6-8(3)7-5-2;2*1-2/h10H,4-9H2,1-3H3;4-7H2,1-3H3;2*1-2H3. The van der Waals surface area contributed by atoms with Gasteiger partial charge < -0.3 is 9.80 Å². The average Bonchev–Trinajstić information content (AvgIpc) is 2.66. The summed E-state index contributed by atoms with van der Waals surface area (Å²) in [5.74, 6) is 1.11. The van der Waals surface area contributed by atoms with Crippen LogP contribution in [0.2, 0.25) is 0 Å². The van der Waals surface area contributed by atoms with Crippen molar-refractivity contribution in [2.24, 2.45) is 5.92 Å². The summed E-state index contributed by atoms with van der Waals surface area (Å²) in [5.41, 5.74) is 0. The number of amides is 1. The molecule has 1 heterocycles. The zero-order valence-electron chi connectivity index (χ0n) is 19.9. The van der Waals surface area contributed by atoms with Crippen LogP contribution in [0.1, 0.15) is 80.6 Å². The lowest BCUT2D eigenvalue weighted by molar-refractivity contribution is -0.130. The van der Waals surface area contributed by atoms with Gasteiger partial charge in [-0.1, -0.05) is 54.9 Å². The van der Waals surface area contributed by atoms with Gasteiger partial charge >= 0.3 is 0 Å². The van der Waals surface area contributed by atoms with Gasteiger partial charge in [0.25, 0.3) is 0 Å². The van der Waals surface area contributed by atoms with Crippen LogP contribution >= 0.6 is 0 Å². The Morgan fingerprint density at radius 1 is 0.885 bits per heavy atom. The van der Waals surface area contributed by atoms with Crippen LogP contribution in [-0.4, -0.2) is 74.5 Å². The topological polar surface area (TPSA) is 26.8 Å². The molecule has 4 heteroatoms. The largest absolute Gasteiger partial charge is 0.348 e. The molecule has 160 valence electrons. The van der Waals surface area contributed by atoms with Gasteiger partial charge in [-0.05, 0) is 64.8 Å². The van der Waals surface area contributed by atoms with Crippen molar-refractivity contribution in [3.8, 4) is 0 Å². The number of carbonyl (C=O) groups excluding carboxylic acids is 1. The molecule has 0 spiro atoms. The van der Waals surface area contributed by atoms with Gasteiger partial charge in [0.1, 0.15) is 0 Å². The summed E-state index contributed by atoms with van der Waals surface area (Å²) in [4.78, 5) is 17.8. The maximum Gasteiger partial charge on any atom is 0.236 e. The van der Waals surface area contributed by atoms with Crippen LogP contribution in [0.15, 0.2) is 0 Å². The van der Waals surface area contributed by atoms with Crippen molar-refractivity contribution in [1.82, 2.24) is 14.7 Å². The van der Waals surface area contributed by atoms with Gasteiger partial charge in [0.05, 0.1) is 6.54 Å². The lowest BCUT2D eigenvalue weighted by atomic mass is 9.94. The second kappa shape index (κ2) is 22.4. The molecule has 1 aliphatic heterocycles. The van der Waals surface area contributed by atoms with E-state index in [0.717, 1.165) is 19.0 Å². The second-order valence-electron chi connectivity index (χ2n) is 6.72. The number of likely N-dealkylation sites (N-methyl/N-ethyl adjacent to an activating group) is 1. The molecule has 0 unspecified atom stereocenters. The highest BCUT2D eigenvalue weighted by molar-refractivity contribution is 5.77. The molecule has 0 aromatic rings. The lowest BCUT2D eigenvalue weighted by Gasteiger charge is -2.31. The maximum absolute atomic E-state index is 11.4. The van der Waals surface area contributed by atoms with Gasteiger partial charge in [-0.3, -0.25) is 9.69 Å². The van der Waals surface area contributed by atoms with E-state index >= 15 is 0 Å². The van der Waals surface area contributed by atoms with Crippen LogP contribution in [0.4, 0.5) is 0 Å². The lowest BCUT2D eigenvalue weighted by Crippen LogP contribution is -2.41. The summed E-state index contributed by atoms with van der Waals surface area (Å²) in [7, 11) is 5.81. The monoisotopic (exact) mass is 373 g/mol. The minimum atomic E-state index is 0.222. The van der Waals surface area contributed by atoms with Crippen molar-refractivity contribution < 1.29 is 4.79 Å². The van der Waals surface area contributed by atoms with E-state index in [9.17, 15) is 4.79 Å². The third-order valence-electron chi connectivity index (χ3n) is 4.35. The number of hydrogen-bond donors (Lipinski definition) is 0. The number of rotatable bonds is 7. The number of nitrogens with zero attached hydrogens (tertiary/aromatic N) is 3. The molecule has 1 saturated heterocycles. The van der Waals surface area contributed by atoms with Gasteiger partial charge in [-0.2, -0.15) is 0 Å². The molecule has 0 aromatic carbocycles. The Hall–Kier alpha value is -0.610. The van der Waals surface area contributed by atoms with E-state index in [0.29, 0.717) is 6.54 Å². The number of likely N-dealkylation sites (tertiary alicyclic amines) is 1. The summed E-state index contributed by atoms with van der Waals surface area (Å²) in [5, 5.41) is 0. The minimum absolute atomic E-state index is 0.222. The molecule has 1 amide bonds. The normalized spacial score (nSPS) is 14.3. The summed E-state index contributed by atoms with van der Waals surface area (Å²) in [6, 6.07) is 0. The highest BCUT2D eigenvalue weighted by Gasteiger charge is 2.19. The van der Waals surface area contributed by atoms with Crippen molar-refractivity contribution in [3.05, 3.63) is 0 Å². The van der Waals surface area contributed by atoms with Gasteiger partial charge in [0.15, 0.2) is 0 Å². The van der Waals surface area contributed by atoms with Gasteiger partial charge in [-0.25, -0.2) is 0 Å². The van der Waals surface area contributed by atoms with Crippen LogP contribution in [0.5, 0.6) is 0 Å². The van der Waals surface area contributed by atoms with Gasteiger partial charge in [-0.15, -0.1) is 0 Å². The summed E-state index contributed by atoms with van der Waals surface area (Å²) in [6.45, 7) is 20.0. The van der Waals surface area contributed by atoms with Crippen LogP contribution in [-0.2, 0) is 4.79 Å². The number of hydrogen-bond acceptors (Lipinski definition) is 3. The van der Waals surface area contributed by atoms with Gasteiger partial charge in [0.2, 0.25) is 5.91 Å². The first kappa shape index (κ1) is 30.1. The third-order valence-corrected chi connectivity index (χ3v) is 4.35. The van der Waals surface area contributed by atoms with Gasteiger partial charge in [0, 0.05) is 14.1 Å². The molecule has 1 rings (SSSR count). The molecule has 26 heavy (non-hydrogen) atoms. The van der Waals surface area contributed by atoms with Crippen LogP contribution < -0.4 is 0 Å². The van der Waals surface area contributed by atoms with E-state index in [1.807, 2.05) is 41.8 Å². The predicted molar refractivity (Wildman–Crippen MR) is 119 cm³/mol. The zero-order valence-corrected chi connectivity index (χ0v) is 19.9. The SMILES string of the molecule is CC.CC.CCC1CCN(CC(=O)N(C)C)CC1.CCCN(C)CCC. The van der Waals surface area contributed by atoms with E-state index < -0.39 is 0 Å². The van der Waals surface area contributed by atoms with Crippen LogP contribution in [0.25, 0.3) is 0 Å². The first-order valence-electron chi connectivity index (χ1n) is 11.1. The Bertz CT molecular complexity index is 269. The van der Waals surface area contributed by atoms with Crippen LogP contribution in [0, 0.1) is 5.92 Å². The smallest absolute Gasteiger partial charge is 0.236 e. The van der Waals surface area contributed by atoms with E-state index in [2.05, 4.69) is 37.6 Å². The molecule has 0 aromatic heterocycles. The zero-order chi connectivity index (χ0) is 21.0. The summed E-state index contributed by atoms with van der Waals surface area (Å²) >= 11 is 0. The fraction of sp³-hybridized carbons (Fsp3) is 0.955. The minimum Gasteiger partial charge on any atom is -0.348 e. The van der Waals surface area contributed by atoms with Crippen molar-refractivity contribution in [3.63, 3.8) is 0 Å². The molecule has 0 atom stereocenters. The van der Waals surface area contributed by atoms with Crippen molar-refractivity contribution >= 4 is 5.91 Å². The Morgan fingerprint density at radius 3 is 1.62 bits per heavy atom. The highest BCUT2D eigenvalue weighted by Crippen LogP contribution is 2.19. The fourth-order valence-corrected chi connectivity index (χ4v) is 2.76. The number of carbonyl (C=O) groups is 1. The molecule has 1 fully saturated rings. The Labute approximate surface area is 166 Å². The molecule has 4 nitrogen and oxygen atoms in total. The van der Waals surface area contributed by atoms with Crippen molar-refractivity contribution in [1.29, 1.82) is 0 Å². The second-order valence-corrected chi connectivity index (χ2v) is 6.72. The summed E-state index contributed by atoms with van der Waals surface area (Å²) < 4.78 is 0. The molecule has 0 bridgehead atoms. The average molecular weight is 374 g/mol. The fourth-order valence-electron chi connectivity index (χ4n) is 2.76.